The van der Waals surface area contributed by atoms with E-state index in [1.54, 1.807) is 37.3 Å². The number of methoxy groups -OCH3 is 1. The van der Waals surface area contributed by atoms with E-state index in [1.165, 1.54) is 21.7 Å². The van der Waals surface area contributed by atoms with Crippen molar-refractivity contribution < 1.29 is 41.5 Å². The Bertz CT molecular complexity index is 1940. The largest absolute Gasteiger partial charge is 0.468 e. The highest BCUT2D eigenvalue weighted by molar-refractivity contribution is 6.08. The Balaban J connectivity index is 1.76. The fourth-order valence-corrected chi connectivity index (χ4v) is 5.65. The monoisotopic (exact) mass is 676 g/mol. The Morgan fingerprint density at radius 2 is 1.73 bits per heavy atom. The van der Waals surface area contributed by atoms with Crippen molar-refractivity contribution >= 4 is 29.5 Å². The normalized spacial score (nSPS) is 15.6. The fraction of sp³-hybridized carbons (Fsp3) is 0.235. The standard InChI is InChI=1S/C34H28F4N6O5/c1-3-43-31-27(29(41-44(31)24-10-5-4-6-11-24)32(47)42(17-16-39)19-25(45)49-2)26(20-12-14-23(35)15-13-20)28(33(43)48)40-30(46)21-8-7-9-22(18-21)34(36,37)38/h4-15,18,26,28H,3,17,19H2,1-2H3,(H,40,46)/t26-,28-/m0/s1. The van der Waals surface area contributed by atoms with Crippen LogP contribution in [0.15, 0.2) is 78.9 Å². The van der Waals surface area contributed by atoms with Gasteiger partial charge in [-0.15, -0.1) is 0 Å². The number of hydrogen-bond acceptors (Lipinski definition) is 7. The number of alkyl halides is 3. The molecule has 1 aliphatic heterocycles. The lowest BCUT2D eigenvalue weighted by molar-refractivity contribution is -0.141. The second-order valence-electron chi connectivity index (χ2n) is 10.9. The van der Waals surface area contributed by atoms with E-state index in [-0.39, 0.29) is 34.7 Å². The van der Waals surface area contributed by atoms with E-state index in [2.05, 4.69) is 10.4 Å². The van der Waals surface area contributed by atoms with Crippen LogP contribution in [-0.2, 0) is 20.5 Å². The first-order valence-corrected chi connectivity index (χ1v) is 14.9. The number of rotatable bonds is 9. The van der Waals surface area contributed by atoms with E-state index >= 15 is 0 Å². The molecule has 5 rings (SSSR count). The Hall–Kier alpha value is -6.04. The highest BCUT2D eigenvalue weighted by atomic mass is 19.4. The van der Waals surface area contributed by atoms with Crippen LogP contribution in [0.4, 0.5) is 23.4 Å². The van der Waals surface area contributed by atoms with Crippen molar-refractivity contribution in [1.82, 2.24) is 20.0 Å². The predicted octanol–water partition coefficient (Wildman–Crippen LogP) is 4.47. The van der Waals surface area contributed by atoms with E-state index in [0.29, 0.717) is 11.8 Å². The number of benzene rings is 3. The van der Waals surface area contributed by atoms with Crippen LogP contribution in [0.5, 0.6) is 0 Å². The summed E-state index contributed by atoms with van der Waals surface area (Å²) in [6.45, 7) is 0.459. The van der Waals surface area contributed by atoms with Crippen LogP contribution in [0.2, 0.25) is 0 Å². The highest BCUT2D eigenvalue weighted by Crippen LogP contribution is 2.44. The molecule has 1 N–H and O–H groups in total. The number of ether oxygens (including phenoxy) is 1. The number of fused-ring (bicyclic) bond motifs is 1. The molecule has 15 heteroatoms. The van der Waals surface area contributed by atoms with Gasteiger partial charge in [0.25, 0.3) is 17.7 Å². The summed E-state index contributed by atoms with van der Waals surface area (Å²) >= 11 is 0. The van der Waals surface area contributed by atoms with Gasteiger partial charge in [-0.1, -0.05) is 36.4 Å². The molecule has 252 valence electrons. The Morgan fingerprint density at radius 1 is 1.04 bits per heavy atom. The lowest BCUT2D eigenvalue weighted by Crippen LogP contribution is -2.55. The first-order valence-electron chi connectivity index (χ1n) is 14.9. The van der Waals surface area contributed by atoms with Crippen molar-refractivity contribution in [2.75, 3.05) is 31.6 Å². The van der Waals surface area contributed by atoms with Crippen LogP contribution in [0.1, 0.15) is 50.4 Å². The molecule has 11 nitrogen and oxygen atoms in total. The van der Waals surface area contributed by atoms with E-state index in [4.69, 9.17) is 4.74 Å². The number of aromatic nitrogens is 2. The van der Waals surface area contributed by atoms with Crippen LogP contribution >= 0.6 is 0 Å². The van der Waals surface area contributed by atoms with Gasteiger partial charge in [-0.2, -0.15) is 23.5 Å². The molecule has 1 aromatic heterocycles. The summed E-state index contributed by atoms with van der Waals surface area (Å²) in [4.78, 5) is 56.6. The third-order valence-electron chi connectivity index (χ3n) is 7.91. The minimum absolute atomic E-state index is 0.00583. The minimum Gasteiger partial charge on any atom is -0.468 e. The Kier molecular flexibility index (Phi) is 9.79. The number of carbonyl (C=O) groups excluding carboxylic acids is 4. The maximum absolute atomic E-state index is 14.4. The molecule has 3 aromatic carbocycles. The quantitative estimate of drug-likeness (QED) is 0.157. The summed E-state index contributed by atoms with van der Waals surface area (Å²) in [6, 6.07) is 17.3. The fourth-order valence-electron chi connectivity index (χ4n) is 5.65. The molecule has 0 fully saturated rings. The van der Waals surface area contributed by atoms with Crippen molar-refractivity contribution in [3.8, 4) is 11.8 Å². The summed E-state index contributed by atoms with van der Waals surface area (Å²) in [7, 11) is 1.11. The van der Waals surface area contributed by atoms with E-state index in [9.17, 15) is 42.0 Å². The van der Waals surface area contributed by atoms with Gasteiger partial charge in [-0.25, -0.2) is 9.07 Å². The van der Waals surface area contributed by atoms with E-state index in [0.717, 1.165) is 42.3 Å². The molecule has 4 aromatic rings. The van der Waals surface area contributed by atoms with Crippen molar-refractivity contribution in [3.05, 3.63) is 113 Å². The molecule has 2 heterocycles. The molecule has 0 aliphatic carbocycles. The number of carbonyl (C=O) groups is 4. The average molecular weight is 677 g/mol. The van der Waals surface area contributed by atoms with E-state index in [1.807, 2.05) is 6.07 Å². The summed E-state index contributed by atoms with van der Waals surface area (Å²) in [5.41, 5.74) is -0.997. The number of para-hydroxylation sites is 1. The van der Waals surface area contributed by atoms with E-state index < -0.39 is 66.3 Å². The second kappa shape index (κ2) is 14.0. The third-order valence-corrected chi connectivity index (χ3v) is 7.91. The molecule has 3 amide bonds. The molecule has 49 heavy (non-hydrogen) atoms. The number of likely N-dealkylation sites (N-methyl/N-ethyl adjacent to an activating group) is 1. The number of anilines is 1. The number of hydrogen-bond donors (Lipinski definition) is 1. The van der Waals surface area contributed by atoms with Gasteiger partial charge < -0.3 is 15.0 Å². The zero-order chi connectivity index (χ0) is 35.5. The molecule has 0 unspecified atom stereocenters. The van der Waals surface area contributed by atoms with Crippen LogP contribution < -0.4 is 10.2 Å². The summed E-state index contributed by atoms with van der Waals surface area (Å²) in [5, 5.41) is 16.7. The van der Waals surface area contributed by atoms with Crippen molar-refractivity contribution in [3.63, 3.8) is 0 Å². The Morgan fingerprint density at radius 3 is 2.35 bits per heavy atom. The number of esters is 1. The average Bonchev–Trinajstić information content (AvgIpc) is 3.48. The smallest absolute Gasteiger partial charge is 0.416 e. The zero-order valence-corrected chi connectivity index (χ0v) is 26.1. The Labute approximate surface area is 277 Å². The lowest BCUT2D eigenvalue weighted by Gasteiger charge is -2.38. The maximum Gasteiger partial charge on any atom is 0.416 e. The van der Waals surface area contributed by atoms with Crippen LogP contribution in [-0.4, -0.2) is 71.2 Å². The third kappa shape index (κ3) is 6.84. The lowest BCUT2D eigenvalue weighted by atomic mass is 9.80. The van der Waals surface area contributed by atoms with Gasteiger partial charge in [0.05, 0.1) is 24.4 Å². The topological polar surface area (TPSA) is 138 Å². The number of nitrogens with zero attached hydrogens (tertiary/aromatic N) is 5. The molecule has 0 bridgehead atoms. The minimum atomic E-state index is -4.75. The van der Waals surface area contributed by atoms with Crippen LogP contribution in [0.3, 0.4) is 0 Å². The number of nitrogens with one attached hydrogen (secondary N) is 1. The SMILES string of the molecule is CCN1C(=O)[C@@H](NC(=O)c2cccc(C(F)(F)F)c2)[C@@H](c2ccc(F)cc2)c2c(C(=O)N(CC#N)CC(=O)OC)nn(-c3ccccc3)c21. The first-order chi connectivity index (χ1) is 23.4. The van der Waals surface area contributed by atoms with Gasteiger partial charge in [-0.05, 0) is 55.0 Å². The molecular weight excluding hydrogens is 648 g/mol. The molecule has 2 atom stereocenters. The molecule has 0 saturated carbocycles. The molecule has 0 spiro atoms. The molecule has 1 aliphatic rings. The van der Waals surface area contributed by atoms with Gasteiger partial charge in [0.1, 0.15) is 30.8 Å². The number of nitriles is 1. The van der Waals surface area contributed by atoms with Gasteiger partial charge in [-0.3, -0.25) is 24.1 Å². The van der Waals surface area contributed by atoms with Crippen LogP contribution in [0, 0.1) is 17.1 Å². The highest BCUT2D eigenvalue weighted by Gasteiger charge is 2.48. The van der Waals surface area contributed by atoms with Crippen molar-refractivity contribution in [2.45, 2.75) is 25.1 Å². The van der Waals surface area contributed by atoms with Gasteiger partial charge in [0.2, 0.25) is 0 Å². The van der Waals surface area contributed by atoms with Crippen molar-refractivity contribution in [1.29, 1.82) is 5.26 Å². The molecule has 0 saturated heterocycles. The number of halogens is 4. The zero-order valence-electron chi connectivity index (χ0n) is 26.1. The van der Waals surface area contributed by atoms with Crippen molar-refractivity contribution in [2.24, 2.45) is 0 Å². The first kappa shape index (κ1) is 34.3. The van der Waals surface area contributed by atoms with Crippen LogP contribution in [0.25, 0.3) is 5.69 Å². The van der Waals surface area contributed by atoms with Gasteiger partial charge in [0, 0.05) is 23.6 Å². The molecule has 0 radical (unpaired) electrons. The predicted molar refractivity (Wildman–Crippen MR) is 166 cm³/mol. The summed E-state index contributed by atoms with van der Waals surface area (Å²) in [6.07, 6.45) is -4.75. The summed E-state index contributed by atoms with van der Waals surface area (Å²) < 4.78 is 60.7. The molecular formula is C34H28F4N6O5. The van der Waals surface area contributed by atoms with Gasteiger partial charge >= 0.3 is 12.1 Å². The van der Waals surface area contributed by atoms with Gasteiger partial charge in [0.15, 0.2) is 5.69 Å². The second-order valence-corrected chi connectivity index (χ2v) is 10.9. The maximum atomic E-state index is 14.4. The summed E-state index contributed by atoms with van der Waals surface area (Å²) in [5.74, 6) is -5.18. The number of amides is 3.